The van der Waals surface area contributed by atoms with Crippen molar-refractivity contribution in [1.82, 2.24) is 14.8 Å². The van der Waals surface area contributed by atoms with Gasteiger partial charge in [-0.25, -0.2) is 9.67 Å². The number of aromatic amines is 1. The number of phenolic OH excluding ortho intramolecular Hbond substituents is 2. The Bertz CT molecular complexity index is 717. The molecule has 0 atom stereocenters. The minimum absolute atomic E-state index is 0.0626. The van der Waals surface area contributed by atoms with Crippen LogP contribution in [0.4, 0.5) is 0 Å². The van der Waals surface area contributed by atoms with E-state index in [4.69, 9.17) is 18.0 Å². The summed E-state index contributed by atoms with van der Waals surface area (Å²) in [6.45, 7) is 0. The van der Waals surface area contributed by atoms with Gasteiger partial charge in [-0.05, 0) is 36.0 Å². The lowest BCUT2D eigenvalue weighted by atomic mass is 10.1. The van der Waals surface area contributed by atoms with Crippen LogP contribution in [0.5, 0.6) is 11.5 Å². The number of hydrogen-bond acceptors (Lipinski definition) is 5. The lowest BCUT2D eigenvalue weighted by Crippen LogP contribution is -2.18. The van der Waals surface area contributed by atoms with Gasteiger partial charge in [-0.3, -0.25) is 9.89 Å². The van der Waals surface area contributed by atoms with E-state index in [1.54, 1.807) is 0 Å². The minimum atomic E-state index is -0.715. The van der Waals surface area contributed by atoms with Crippen molar-refractivity contribution >= 4 is 29.9 Å². The molecule has 2 aromatic rings. The second-order valence-corrected chi connectivity index (χ2v) is 4.01. The molecule has 1 aromatic heterocycles. The molecule has 0 saturated carbocycles. The highest BCUT2D eigenvalue weighted by atomic mass is 32.1. The predicted molar refractivity (Wildman–Crippen MR) is 70.5 cm³/mol. The fraction of sp³-hybridized carbons (Fsp3) is 0. The molecule has 2 rings (SSSR count). The second kappa shape index (κ2) is 4.94. The van der Waals surface area contributed by atoms with E-state index in [0.29, 0.717) is 5.56 Å². The van der Waals surface area contributed by atoms with Gasteiger partial charge in [0.2, 0.25) is 4.77 Å². The Morgan fingerprint density at radius 2 is 2.16 bits per heavy atom. The lowest BCUT2D eigenvalue weighted by Gasteiger charge is -2.05. The third-order valence-corrected chi connectivity index (χ3v) is 2.64. The van der Waals surface area contributed by atoms with Crippen LogP contribution >= 0.6 is 12.2 Å². The predicted octanol–water partition coefficient (Wildman–Crippen LogP) is 0.835. The first-order valence-electron chi connectivity index (χ1n) is 5.15. The molecule has 0 fully saturated rings. The van der Waals surface area contributed by atoms with Crippen LogP contribution < -0.4 is 5.73 Å². The zero-order valence-corrected chi connectivity index (χ0v) is 10.4. The normalized spacial score (nSPS) is 11.5. The summed E-state index contributed by atoms with van der Waals surface area (Å²) in [5.41, 5.74) is 5.81. The van der Waals surface area contributed by atoms with Gasteiger partial charge >= 0.3 is 0 Å². The number of phenols is 2. The molecular formula is C11H10N4O3S. The van der Waals surface area contributed by atoms with Gasteiger partial charge in [0.05, 0.1) is 0 Å². The van der Waals surface area contributed by atoms with E-state index < -0.39 is 5.91 Å². The molecule has 1 heterocycles. The number of rotatable bonds is 3. The number of benzene rings is 1. The molecular weight excluding hydrogens is 268 g/mol. The van der Waals surface area contributed by atoms with E-state index in [1.165, 1.54) is 35.3 Å². The summed E-state index contributed by atoms with van der Waals surface area (Å²) >= 11 is 4.93. The van der Waals surface area contributed by atoms with Gasteiger partial charge in [0.1, 0.15) is 12.0 Å². The van der Waals surface area contributed by atoms with Gasteiger partial charge in [0.15, 0.2) is 11.5 Å². The number of nitrogens with two attached hydrogens (primary N) is 1. The number of aromatic nitrogens is 3. The maximum Gasteiger partial charge on any atom is 0.267 e. The monoisotopic (exact) mass is 278 g/mol. The van der Waals surface area contributed by atoms with Crippen molar-refractivity contribution < 1.29 is 15.0 Å². The second-order valence-electron chi connectivity index (χ2n) is 3.65. The van der Waals surface area contributed by atoms with E-state index >= 15 is 0 Å². The highest BCUT2D eigenvalue weighted by Crippen LogP contribution is 2.26. The fourth-order valence-corrected chi connectivity index (χ4v) is 1.67. The van der Waals surface area contributed by atoms with Crippen molar-refractivity contribution in [2.75, 3.05) is 0 Å². The van der Waals surface area contributed by atoms with E-state index in [9.17, 15) is 15.0 Å². The first kappa shape index (κ1) is 12.8. The molecule has 1 aromatic carbocycles. The van der Waals surface area contributed by atoms with E-state index in [0.717, 1.165) is 0 Å². The average Bonchev–Trinajstić information content (AvgIpc) is 2.76. The number of nitrogens with one attached hydrogen (secondary N) is 1. The molecule has 19 heavy (non-hydrogen) atoms. The van der Waals surface area contributed by atoms with Crippen molar-refractivity contribution in [2.45, 2.75) is 0 Å². The van der Waals surface area contributed by atoms with Crippen molar-refractivity contribution in [3.8, 4) is 11.5 Å². The quantitative estimate of drug-likeness (QED) is 0.377. The number of hydrogen-bond donors (Lipinski definition) is 4. The third kappa shape index (κ3) is 2.63. The van der Waals surface area contributed by atoms with Crippen LogP contribution in [0.25, 0.3) is 11.8 Å². The molecule has 98 valence electrons. The Kier molecular flexibility index (Phi) is 3.34. The van der Waals surface area contributed by atoms with Gasteiger partial charge in [-0.2, -0.15) is 0 Å². The standard InChI is InChI=1S/C11H10N4O3S/c12-10(18)7(15-11(19)13-5-14-15)3-6-1-2-8(16)9(17)4-6/h1-5,16-17H,(H2,12,18)(H,13,14,19)/b7-3+. The molecule has 5 N–H and O–H groups in total. The first-order chi connectivity index (χ1) is 8.99. The molecule has 0 radical (unpaired) electrons. The van der Waals surface area contributed by atoms with Gasteiger partial charge < -0.3 is 15.9 Å². The Balaban J connectivity index is 2.53. The number of H-pyrrole nitrogens is 1. The average molecular weight is 278 g/mol. The Morgan fingerprint density at radius 3 is 2.68 bits per heavy atom. The summed E-state index contributed by atoms with van der Waals surface area (Å²) in [6, 6.07) is 4.10. The van der Waals surface area contributed by atoms with Gasteiger partial charge in [0.25, 0.3) is 5.91 Å². The molecule has 0 aliphatic carbocycles. The first-order valence-corrected chi connectivity index (χ1v) is 5.56. The molecule has 7 nitrogen and oxygen atoms in total. The SMILES string of the molecule is NC(=O)/C(=C\c1ccc(O)c(O)c1)n1[nH]cnc1=S. The Hall–Kier alpha value is -2.61. The van der Waals surface area contributed by atoms with Crippen molar-refractivity contribution in [2.24, 2.45) is 5.73 Å². The maximum atomic E-state index is 11.4. The van der Waals surface area contributed by atoms with E-state index in [-0.39, 0.29) is 22.0 Å². The summed E-state index contributed by atoms with van der Waals surface area (Å²) in [5.74, 6) is -1.27. The molecule has 0 spiro atoms. The van der Waals surface area contributed by atoms with Crippen LogP contribution in [0.15, 0.2) is 24.5 Å². The molecule has 0 saturated heterocycles. The molecule has 0 aliphatic rings. The van der Waals surface area contributed by atoms with Gasteiger partial charge in [-0.15, -0.1) is 0 Å². The third-order valence-electron chi connectivity index (χ3n) is 2.35. The number of nitrogens with zero attached hydrogens (tertiary/aromatic N) is 2. The summed E-state index contributed by atoms with van der Waals surface area (Å²) in [4.78, 5) is 15.2. The zero-order valence-electron chi connectivity index (χ0n) is 9.57. The number of carbonyl (C=O) groups is 1. The largest absolute Gasteiger partial charge is 0.504 e. The van der Waals surface area contributed by atoms with Crippen LogP contribution in [-0.4, -0.2) is 30.9 Å². The zero-order chi connectivity index (χ0) is 14.0. The van der Waals surface area contributed by atoms with Crippen LogP contribution in [0.3, 0.4) is 0 Å². The van der Waals surface area contributed by atoms with Gasteiger partial charge in [0, 0.05) is 0 Å². The molecule has 1 amide bonds. The molecule has 0 bridgehead atoms. The summed E-state index contributed by atoms with van der Waals surface area (Å²) < 4.78 is 1.38. The number of amides is 1. The summed E-state index contributed by atoms with van der Waals surface area (Å²) in [6.07, 6.45) is 2.74. The topological polar surface area (TPSA) is 117 Å². The fourth-order valence-electron chi connectivity index (χ4n) is 1.46. The maximum absolute atomic E-state index is 11.4. The lowest BCUT2D eigenvalue weighted by molar-refractivity contribution is -0.113. The summed E-state index contributed by atoms with van der Waals surface area (Å²) in [7, 11) is 0. The van der Waals surface area contributed by atoms with E-state index in [2.05, 4.69) is 10.1 Å². The molecule has 8 heteroatoms. The van der Waals surface area contributed by atoms with Crippen molar-refractivity contribution in [1.29, 1.82) is 0 Å². The van der Waals surface area contributed by atoms with Crippen molar-refractivity contribution in [3.63, 3.8) is 0 Å². The van der Waals surface area contributed by atoms with Gasteiger partial charge in [-0.1, -0.05) is 6.07 Å². The van der Waals surface area contributed by atoms with E-state index in [1.807, 2.05) is 0 Å². The smallest absolute Gasteiger partial charge is 0.267 e. The Labute approximate surface area is 112 Å². The molecule has 0 aliphatic heterocycles. The number of carbonyl (C=O) groups excluding carboxylic acids is 1. The highest BCUT2D eigenvalue weighted by Gasteiger charge is 2.10. The highest BCUT2D eigenvalue weighted by molar-refractivity contribution is 7.71. The number of aromatic hydroxyl groups is 2. The molecule has 0 unspecified atom stereocenters. The Morgan fingerprint density at radius 1 is 1.42 bits per heavy atom. The van der Waals surface area contributed by atoms with Crippen LogP contribution in [0.2, 0.25) is 0 Å². The van der Waals surface area contributed by atoms with Crippen LogP contribution in [0.1, 0.15) is 5.56 Å². The summed E-state index contributed by atoms with van der Waals surface area (Å²) in [5, 5.41) is 21.3. The van der Waals surface area contributed by atoms with Crippen LogP contribution in [-0.2, 0) is 4.79 Å². The van der Waals surface area contributed by atoms with Crippen molar-refractivity contribution in [3.05, 3.63) is 34.9 Å². The number of primary amides is 1. The minimum Gasteiger partial charge on any atom is -0.504 e. The van der Waals surface area contributed by atoms with Crippen LogP contribution in [0, 0.1) is 4.77 Å².